The van der Waals surface area contributed by atoms with Gasteiger partial charge in [0.1, 0.15) is 5.82 Å². The fourth-order valence-corrected chi connectivity index (χ4v) is 4.62. The highest BCUT2D eigenvalue weighted by molar-refractivity contribution is 5.71. The quantitative estimate of drug-likeness (QED) is 0.301. The van der Waals surface area contributed by atoms with Crippen molar-refractivity contribution in [2.24, 2.45) is 0 Å². The number of hydrogen-bond acceptors (Lipinski definition) is 2. The van der Waals surface area contributed by atoms with Crippen molar-refractivity contribution in [3.8, 4) is 28.0 Å². The smallest absolute Gasteiger partial charge is 0.201 e. The first-order valence-electron chi connectivity index (χ1n) is 12.3. The van der Waals surface area contributed by atoms with Gasteiger partial charge in [-0.25, -0.2) is 8.78 Å². The minimum absolute atomic E-state index is 0.111. The lowest BCUT2D eigenvalue weighted by Crippen LogP contribution is -2.24. The molecule has 4 rings (SSSR count). The molecule has 0 N–H and O–H groups in total. The molecule has 0 spiro atoms. The van der Waals surface area contributed by atoms with Gasteiger partial charge in [-0.1, -0.05) is 48.6 Å². The van der Waals surface area contributed by atoms with Crippen LogP contribution in [0.4, 0.5) is 13.2 Å². The van der Waals surface area contributed by atoms with Gasteiger partial charge >= 0.3 is 0 Å². The van der Waals surface area contributed by atoms with Crippen molar-refractivity contribution >= 4 is 0 Å². The standard InChI is InChI=1S/C30H31F3O2/c1-3-5-6-7-24-14-12-23(19-35-24)22-13-15-25(27(31)18-22)20-8-10-21(11-9-20)26-16-17-28(34-4-2)30(33)29(26)32/h3,5,8-11,13,15-18,23-24H,4,6-7,12,14,19H2,1-2H3/b5-3+. The van der Waals surface area contributed by atoms with E-state index < -0.39 is 11.6 Å². The second-order valence-electron chi connectivity index (χ2n) is 8.86. The monoisotopic (exact) mass is 480 g/mol. The van der Waals surface area contributed by atoms with Gasteiger partial charge in [-0.2, -0.15) is 4.39 Å². The van der Waals surface area contributed by atoms with Gasteiger partial charge < -0.3 is 9.47 Å². The summed E-state index contributed by atoms with van der Waals surface area (Å²) in [6.45, 7) is 4.59. The summed E-state index contributed by atoms with van der Waals surface area (Å²) in [6.07, 6.45) is 8.50. The van der Waals surface area contributed by atoms with Gasteiger partial charge in [-0.15, -0.1) is 0 Å². The number of rotatable bonds is 8. The molecule has 3 aromatic rings. The molecule has 2 unspecified atom stereocenters. The number of halogens is 3. The number of allylic oxidation sites excluding steroid dienone is 2. The zero-order valence-corrected chi connectivity index (χ0v) is 20.2. The third kappa shape index (κ3) is 5.79. The molecular weight excluding hydrogens is 449 g/mol. The van der Waals surface area contributed by atoms with Gasteiger partial charge in [0.15, 0.2) is 11.6 Å². The third-order valence-electron chi connectivity index (χ3n) is 6.58. The van der Waals surface area contributed by atoms with Crippen LogP contribution in [0.15, 0.2) is 66.7 Å². The lowest BCUT2D eigenvalue weighted by atomic mass is 9.89. The van der Waals surface area contributed by atoms with Crippen LogP contribution in [0.25, 0.3) is 22.3 Å². The zero-order valence-electron chi connectivity index (χ0n) is 20.2. The molecule has 5 heteroatoms. The molecular formula is C30H31F3O2. The van der Waals surface area contributed by atoms with Crippen LogP contribution in [0.2, 0.25) is 0 Å². The van der Waals surface area contributed by atoms with E-state index in [0.717, 1.165) is 31.2 Å². The molecule has 0 amide bonds. The molecule has 0 saturated carbocycles. The summed E-state index contributed by atoms with van der Waals surface area (Å²) in [5.74, 6) is -2.19. The van der Waals surface area contributed by atoms with Crippen molar-refractivity contribution in [2.45, 2.75) is 51.6 Å². The Bertz CT molecular complexity index is 1160. The summed E-state index contributed by atoms with van der Waals surface area (Å²) < 4.78 is 55.0. The van der Waals surface area contributed by atoms with Crippen LogP contribution in [0.1, 0.15) is 51.0 Å². The Labute approximate surface area is 205 Å². The van der Waals surface area contributed by atoms with E-state index in [-0.39, 0.29) is 35.8 Å². The Balaban J connectivity index is 1.46. The molecule has 0 bridgehead atoms. The molecule has 0 aliphatic carbocycles. The maximum atomic E-state index is 15.1. The molecule has 2 nitrogen and oxygen atoms in total. The summed E-state index contributed by atoms with van der Waals surface area (Å²) in [5, 5.41) is 0. The van der Waals surface area contributed by atoms with Crippen molar-refractivity contribution in [2.75, 3.05) is 13.2 Å². The SMILES string of the molecule is C/C=C/CCC1CCC(c2ccc(-c3ccc(-c4ccc(OCC)c(F)c4F)cc3)c(F)c2)CO1. The minimum atomic E-state index is -1.01. The molecule has 0 radical (unpaired) electrons. The first-order valence-corrected chi connectivity index (χ1v) is 12.3. The highest BCUT2D eigenvalue weighted by Crippen LogP contribution is 2.34. The fraction of sp³-hybridized carbons (Fsp3) is 0.333. The molecule has 1 heterocycles. The van der Waals surface area contributed by atoms with E-state index in [1.54, 1.807) is 43.3 Å². The van der Waals surface area contributed by atoms with Gasteiger partial charge in [0.2, 0.25) is 5.82 Å². The molecule has 0 aromatic heterocycles. The second kappa shape index (κ2) is 11.6. The normalized spacial score (nSPS) is 18.2. The highest BCUT2D eigenvalue weighted by Gasteiger charge is 2.23. The van der Waals surface area contributed by atoms with Gasteiger partial charge in [0.25, 0.3) is 0 Å². The number of benzene rings is 3. The van der Waals surface area contributed by atoms with Crippen LogP contribution in [0.5, 0.6) is 5.75 Å². The highest BCUT2D eigenvalue weighted by atomic mass is 19.2. The van der Waals surface area contributed by atoms with E-state index in [0.29, 0.717) is 23.3 Å². The first-order chi connectivity index (χ1) is 17.0. The molecule has 1 aliphatic rings. The first kappa shape index (κ1) is 25.1. The van der Waals surface area contributed by atoms with Gasteiger partial charge in [0, 0.05) is 17.0 Å². The molecule has 35 heavy (non-hydrogen) atoms. The summed E-state index contributed by atoms with van der Waals surface area (Å²) in [6, 6.07) is 15.0. The summed E-state index contributed by atoms with van der Waals surface area (Å²) in [5.41, 5.74) is 2.73. The molecule has 1 saturated heterocycles. The third-order valence-corrected chi connectivity index (χ3v) is 6.58. The average Bonchev–Trinajstić information content (AvgIpc) is 2.88. The topological polar surface area (TPSA) is 18.5 Å². The van der Waals surface area contributed by atoms with E-state index in [4.69, 9.17) is 9.47 Å². The van der Waals surface area contributed by atoms with E-state index in [2.05, 4.69) is 12.2 Å². The maximum absolute atomic E-state index is 15.1. The largest absolute Gasteiger partial charge is 0.491 e. The Morgan fingerprint density at radius 1 is 0.914 bits per heavy atom. The van der Waals surface area contributed by atoms with Gasteiger partial charge in [-0.05, 0) is 74.4 Å². The lowest BCUT2D eigenvalue weighted by Gasteiger charge is -2.29. The lowest BCUT2D eigenvalue weighted by molar-refractivity contribution is -0.000225. The van der Waals surface area contributed by atoms with Crippen LogP contribution < -0.4 is 4.74 Å². The summed E-state index contributed by atoms with van der Waals surface area (Å²) in [4.78, 5) is 0. The molecule has 184 valence electrons. The molecule has 3 aromatic carbocycles. The zero-order chi connectivity index (χ0) is 24.8. The summed E-state index contributed by atoms with van der Waals surface area (Å²) >= 11 is 0. The van der Waals surface area contributed by atoms with Crippen LogP contribution in [-0.2, 0) is 4.74 Å². The second-order valence-corrected chi connectivity index (χ2v) is 8.86. The molecule has 1 fully saturated rings. The minimum Gasteiger partial charge on any atom is -0.491 e. The fourth-order valence-electron chi connectivity index (χ4n) is 4.62. The number of ether oxygens (including phenoxy) is 2. The molecule has 1 aliphatic heterocycles. The van der Waals surface area contributed by atoms with Crippen LogP contribution in [-0.4, -0.2) is 19.3 Å². The maximum Gasteiger partial charge on any atom is 0.201 e. The van der Waals surface area contributed by atoms with Gasteiger partial charge in [-0.3, -0.25) is 0 Å². The van der Waals surface area contributed by atoms with Crippen molar-refractivity contribution < 1.29 is 22.6 Å². The molecule has 2 atom stereocenters. The van der Waals surface area contributed by atoms with Crippen molar-refractivity contribution in [3.05, 3.63) is 89.8 Å². The predicted octanol–water partition coefficient (Wildman–Crippen LogP) is 8.46. The van der Waals surface area contributed by atoms with E-state index in [9.17, 15) is 8.78 Å². The van der Waals surface area contributed by atoms with Crippen molar-refractivity contribution in [1.82, 2.24) is 0 Å². The Hall–Kier alpha value is -3.05. The van der Waals surface area contributed by atoms with Crippen LogP contribution in [0, 0.1) is 17.5 Å². The Kier molecular flexibility index (Phi) is 8.29. The van der Waals surface area contributed by atoms with Crippen molar-refractivity contribution in [3.63, 3.8) is 0 Å². The average molecular weight is 481 g/mol. The van der Waals surface area contributed by atoms with E-state index in [1.807, 2.05) is 13.0 Å². The Morgan fingerprint density at radius 3 is 2.26 bits per heavy atom. The van der Waals surface area contributed by atoms with Gasteiger partial charge in [0.05, 0.1) is 19.3 Å². The van der Waals surface area contributed by atoms with E-state index >= 15 is 4.39 Å². The van der Waals surface area contributed by atoms with Crippen molar-refractivity contribution in [1.29, 1.82) is 0 Å². The number of hydrogen-bond donors (Lipinski definition) is 0. The summed E-state index contributed by atoms with van der Waals surface area (Å²) in [7, 11) is 0. The van der Waals surface area contributed by atoms with E-state index in [1.165, 1.54) is 12.1 Å². The van der Waals surface area contributed by atoms with Crippen LogP contribution in [0.3, 0.4) is 0 Å². The predicted molar refractivity (Wildman–Crippen MR) is 134 cm³/mol. The Morgan fingerprint density at radius 2 is 1.63 bits per heavy atom. The van der Waals surface area contributed by atoms with Crippen LogP contribution >= 0.6 is 0 Å².